The fourth-order valence-electron chi connectivity index (χ4n) is 2.39. The third-order valence-corrected chi connectivity index (χ3v) is 3.59. The standard InChI is InChI=1S/C15H22N2O/c1-3-12-6-8-13(9-7-12)11-17(2)15(18)14-5-4-10-16-14/h6-9,14,16H,3-5,10-11H2,1-2H3/t14-/m1/s1. The molecule has 1 aliphatic heterocycles. The average molecular weight is 246 g/mol. The number of aryl methyl sites for hydroxylation is 1. The topological polar surface area (TPSA) is 32.3 Å². The molecule has 1 amide bonds. The van der Waals surface area contributed by atoms with Crippen molar-refractivity contribution in [1.29, 1.82) is 0 Å². The molecule has 0 bridgehead atoms. The van der Waals surface area contributed by atoms with Crippen molar-refractivity contribution in [2.45, 2.75) is 38.8 Å². The summed E-state index contributed by atoms with van der Waals surface area (Å²) in [5, 5.41) is 3.25. The van der Waals surface area contributed by atoms with E-state index in [1.807, 2.05) is 11.9 Å². The van der Waals surface area contributed by atoms with Crippen LogP contribution >= 0.6 is 0 Å². The molecular formula is C15H22N2O. The monoisotopic (exact) mass is 246 g/mol. The molecule has 3 nitrogen and oxygen atoms in total. The summed E-state index contributed by atoms with van der Waals surface area (Å²) in [5.74, 6) is 0.215. The SMILES string of the molecule is CCc1ccc(CN(C)C(=O)[C@H]2CCCN2)cc1. The number of hydrogen-bond donors (Lipinski definition) is 1. The Balaban J connectivity index is 1.92. The molecule has 3 heteroatoms. The van der Waals surface area contributed by atoms with Gasteiger partial charge in [0.1, 0.15) is 0 Å². The third kappa shape index (κ3) is 3.10. The zero-order chi connectivity index (χ0) is 13.0. The van der Waals surface area contributed by atoms with Gasteiger partial charge in [-0.3, -0.25) is 4.79 Å². The quantitative estimate of drug-likeness (QED) is 0.881. The van der Waals surface area contributed by atoms with Gasteiger partial charge in [-0.15, -0.1) is 0 Å². The first-order valence-corrected chi connectivity index (χ1v) is 6.77. The van der Waals surface area contributed by atoms with Gasteiger partial charge in [-0.05, 0) is 36.9 Å². The average Bonchev–Trinajstić information content (AvgIpc) is 2.92. The molecule has 0 aliphatic carbocycles. The lowest BCUT2D eigenvalue weighted by Crippen LogP contribution is -2.41. The smallest absolute Gasteiger partial charge is 0.239 e. The van der Waals surface area contributed by atoms with E-state index in [4.69, 9.17) is 0 Å². The summed E-state index contributed by atoms with van der Waals surface area (Å²) in [4.78, 5) is 14.0. The van der Waals surface area contributed by atoms with E-state index in [1.165, 1.54) is 11.1 Å². The normalized spacial score (nSPS) is 18.9. The fraction of sp³-hybridized carbons (Fsp3) is 0.533. The fourth-order valence-corrected chi connectivity index (χ4v) is 2.39. The molecule has 2 rings (SSSR count). The van der Waals surface area contributed by atoms with Crippen molar-refractivity contribution in [3.05, 3.63) is 35.4 Å². The Morgan fingerprint density at radius 3 is 2.56 bits per heavy atom. The number of carbonyl (C=O) groups is 1. The van der Waals surface area contributed by atoms with Gasteiger partial charge >= 0.3 is 0 Å². The number of nitrogens with one attached hydrogen (secondary N) is 1. The first-order valence-electron chi connectivity index (χ1n) is 6.77. The summed E-state index contributed by atoms with van der Waals surface area (Å²) >= 11 is 0. The molecule has 1 N–H and O–H groups in total. The highest BCUT2D eigenvalue weighted by atomic mass is 16.2. The molecule has 0 spiro atoms. The molecule has 0 saturated carbocycles. The zero-order valence-electron chi connectivity index (χ0n) is 11.3. The number of carbonyl (C=O) groups excluding carboxylic acids is 1. The van der Waals surface area contributed by atoms with E-state index >= 15 is 0 Å². The Kier molecular flexibility index (Phi) is 4.37. The summed E-state index contributed by atoms with van der Waals surface area (Å²) in [6.45, 7) is 3.81. The van der Waals surface area contributed by atoms with E-state index in [9.17, 15) is 4.79 Å². The van der Waals surface area contributed by atoms with Gasteiger partial charge in [-0.25, -0.2) is 0 Å². The molecule has 1 saturated heterocycles. The molecular weight excluding hydrogens is 224 g/mol. The van der Waals surface area contributed by atoms with E-state index in [-0.39, 0.29) is 11.9 Å². The van der Waals surface area contributed by atoms with Gasteiger partial charge in [0.25, 0.3) is 0 Å². The summed E-state index contributed by atoms with van der Waals surface area (Å²) in [6.07, 6.45) is 3.13. The van der Waals surface area contributed by atoms with Crippen molar-refractivity contribution in [1.82, 2.24) is 10.2 Å². The predicted octanol–water partition coefficient (Wildman–Crippen LogP) is 1.96. The van der Waals surface area contributed by atoms with E-state index in [1.54, 1.807) is 0 Å². The Hall–Kier alpha value is -1.35. The molecule has 1 heterocycles. The van der Waals surface area contributed by atoms with Crippen LogP contribution in [-0.4, -0.2) is 30.4 Å². The Morgan fingerprint density at radius 1 is 1.33 bits per heavy atom. The highest BCUT2D eigenvalue weighted by molar-refractivity contribution is 5.81. The van der Waals surface area contributed by atoms with Gasteiger partial charge in [0.05, 0.1) is 6.04 Å². The molecule has 1 atom stereocenters. The van der Waals surface area contributed by atoms with Crippen molar-refractivity contribution < 1.29 is 4.79 Å². The maximum Gasteiger partial charge on any atom is 0.239 e. The Morgan fingerprint density at radius 2 is 2.00 bits per heavy atom. The maximum atomic E-state index is 12.1. The van der Waals surface area contributed by atoms with E-state index in [0.717, 1.165) is 25.8 Å². The summed E-state index contributed by atoms with van der Waals surface area (Å²) in [7, 11) is 1.88. The van der Waals surface area contributed by atoms with Crippen LogP contribution in [0.3, 0.4) is 0 Å². The lowest BCUT2D eigenvalue weighted by atomic mass is 10.1. The second kappa shape index (κ2) is 6.01. The molecule has 18 heavy (non-hydrogen) atoms. The number of amides is 1. The molecule has 1 fully saturated rings. The number of likely N-dealkylation sites (N-methyl/N-ethyl adjacent to an activating group) is 1. The highest BCUT2D eigenvalue weighted by Gasteiger charge is 2.24. The van der Waals surface area contributed by atoms with Crippen molar-refractivity contribution in [3.8, 4) is 0 Å². The number of hydrogen-bond acceptors (Lipinski definition) is 2. The Labute approximate surface area is 109 Å². The molecule has 98 valence electrons. The molecule has 0 radical (unpaired) electrons. The van der Waals surface area contributed by atoms with Crippen molar-refractivity contribution >= 4 is 5.91 Å². The van der Waals surface area contributed by atoms with Gasteiger partial charge in [0.15, 0.2) is 0 Å². The molecule has 1 aliphatic rings. The van der Waals surface area contributed by atoms with Gasteiger partial charge in [0, 0.05) is 13.6 Å². The van der Waals surface area contributed by atoms with E-state index < -0.39 is 0 Å². The van der Waals surface area contributed by atoms with E-state index in [0.29, 0.717) is 6.54 Å². The van der Waals surface area contributed by atoms with Crippen LogP contribution in [0.1, 0.15) is 30.9 Å². The molecule has 1 aromatic rings. The van der Waals surface area contributed by atoms with Crippen molar-refractivity contribution in [2.24, 2.45) is 0 Å². The zero-order valence-corrected chi connectivity index (χ0v) is 11.3. The van der Waals surface area contributed by atoms with Crippen LogP contribution in [0.4, 0.5) is 0 Å². The second-order valence-corrected chi connectivity index (χ2v) is 5.01. The minimum absolute atomic E-state index is 0.0323. The van der Waals surface area contributed by atoms with Gasteiger partial charge in [-0.1, -0.05) is 31.2 Å². The largest absolute Gasteiger partial charge is 0.340 e. The van der Waals surface area contributed by atoms with Crippen LogP contribution in [0.25, 0.3) is 0 Å². The number of nitrogens with zero attached hydrogens (tertiary/aromatic N) is 1. The number of benzene rings is 1. The summed E-state index contributed by atoms with van der Waals surface area (Å²) in [6, 6.07) is 8.54. The van der Waals surface area contributed by atoms with Crippen LogP contribution in [0.2, 0.25) is 0 Å². The summed E-state index contributed by atoms with van der Waals surface area (Å²) < 4.78 is 0. The molecule has 0 unspecified atom stereocenters. The second-order valence-electron chi connectivity index (χ2n) is 5.01. The third-order valence-electron chi connectivity index (χ3n) is 3.59. The van der Waals surface area contributed by atoms with Gasteiger partial charge in [0.2, 0.25) is 5.91 Å². The van der Waals surface area contributed by atoms with Gasteiger partial charge in [-0.2, -0.15) is 0 Å². The minimum Gasteiger partial charge on any atom is -0.340 e. The van der Waals surface area contributed by atoms with E-state index in [2.05, 4.69) is 36.5 Å². The van der Waals surface area contributed by atoms with Gasteiger partial charge < -0.3 is 10.2 Å². The van der Waals surface area contributed by atoms with Crippen molar-refractivity contribution in [3.63, 3.8) is 0 Å². The number of rotatable bonds is 4. The minimum atomic E-state index is 0.0323. The van der Waals surface area contributed by atoms with Crippen LogP contribution in [-0.2, 0) is 17.8 Å². The summed E-state index contributed by atoms with van der Waals surface area (Å²) in [5.41, 5.74) is 2.53. The molecule has 1 aromatic carbocycles. The molecule has 0 aromatic heterocycles. The Bertz CT molecular complexity index is 393. The van der Waals surface area contributed by atoms with Crippen LogP contribution in [0.5, 0.6) is 0 Å². The first kappa shape index (κ1) is 13.1. The lowest BCUT2D eigenvalue weighted by molar-refractivity contribution is -0.132. The van der Waals surface area contributed by atoms with Crippen LogP contribution in [0, 0.1) is 0 Å². The first-order chi connectivity index (χ1) is 8.70. The highest BCUT2D eigenvalue weighted by Crippen LogP contribution is 2.11. The maximum absolute atomic E-state index is 12.1. The predicted molar refractivity (Wildman–Crippen MR) is 73.3 cm³/mol. The van der Waals surface area contributed by atoms with Crippen molar-refractivity contribution in [2.75, 3.05) is 13.6 Å². The van der Waals surface area contributed by atoms with Crippen LogP contribution < -0.4 is 5.32 Å². The lowest BCUT2D eigenvalue weighted by Gasteiger charge is -2.21. The van der Waals surface area contributed by atoms with Crippen LogP contribution in [0.15, 0.2) is 24.3 Å².